The van der Waals surface area contributed by atoms with Gasteiger partial charge in [-0.15, -0.1) is 0 Å². The molecule has 3 rings (SSSR count). The van der Waals surface area contributed by atoms with Gasteiger partial charge in [0.05, 0.1) is 25.6 Å². The Kier molecular flexibility index (Phi) is 6.45. The van der Waals surface area contributed by atoms with E-state index in [-0.39, 0.29) is 17.7 Å². The van der Waals surface area contributed by atoms with Gasteiger partial charge in [0, 0.05) is 24.7 Å². The average Bonchev–Trinajstić information content (AvgIpc) is 2.70. The quantitative estimate of drug-likeness (QED) is 0.821. The summed E-state index contributed by atoms with van der Waals surface area (Å²) in [6, 6.07) is 7.26. The van der Waals surface area contributed by atoms with E-state index in [1.165, 1.54) is 0 Å². The summed E-state index contributed by atoms with van der Waals surface area (Å²) in [5.41, 5.74) is 1.56. The number of carbonyl (C=O) groups excluding carboxylic acids is 2. The lowest BCUT2D eigenvalue weighted by molar-refractivity contribution is -0.143. The highest BCUT2D eigenvalue weighted by Crippen LogP contribution is 2.30. The molecule has 1 aromatic carbocycles. The standard InChI is InChI=1S/C20H26N2O5/c23-18(22-8-10-27-11-9-22)12-14-4-6-17(7-5-14)21-19(24)15-2-1-3-16(13-15)20(25)26/h4-7,15-16H,1-3,8-13H2,(H,21,24)(H,25,26). The number of nitrogens with zero attached hydrogens (tertiary/aromatic N) is 1. The van der Waals surface area contributed by atoms with Crippen molar-refractivity contribution in [2.24, 2.45) is 11.8 Å². The van der Waals surface area contributed by atoms with E-state index >= 15 is 0 Å². The van der Waals surface area contributed by atoms with Gasteiger partial charge >= 0.3 is 5.97 Å². The first kappa shape index (κ1) is 19.4. The van der Waals surface area contributed by atoms with Crippen LogP contribution >= 0.6 is 0 Å². The van der Waals surface area contributed by atoms with Gasteiger partial charge in [-0.25, -0.2) is 0 Å². The average molecular weight is 374 g/mol. The molecular formula is C20H26N2O5. The summed E-state index contributed by atoms with van der Waals surface area (Å²) in [4.78, 5) is 37.7. The maximum atomic E-state index is 12.4. The molecule has 1 saturated heterocycles. The monoisotopic (exact) mass is 374 g/mol. The Balaban J connectivity index is 1.51. The maximum absolute atomic E-state index is 12.4. The van der Waals surface area contributed by atoms with Crippen LogP contribution in [0.15, 0.2) is 24.3 Å². The molecule has 146 valence electrons. The molecular weight excluding hydrogens is 348 g/mol. The molecule has 2 amide bonds. The number of carbonyl (C=O) groups is 3. The first-order valence-corrected chi connectivity index (χ1v) is 9.51. The number of ether oxygens (including phenoxy) is 1. The molecule has 2 fully saturated rings. The molecule has 7 heteroatoms. The third-order valence-corrected chi connectivity index (χ3v) is 5.33. The highest BCUT2D eigenvalue weighted by molar-refractivity contribution is 5.93. The predicted octanol–water partition coefficient (Wildman–Crippen LogP) is 1.92. The van der Waals surface area contributed by atoms with Gasteiger partial charge in [-0.1, -0.05) is 18.6 Å². The van der Waals surface area contributed by atoms with Crippen molar-refractivity contribution in [3.63, 3.8) is 0 Å². The molecule has 0 radical (unpaired) electrons. The molecule has 2 unspecified atom stereocenters. The van der Waals surface area contributed by atoms with Crippen molar-refractivity contribution in [3.8, 4) is 0 Å². The summed E-state index contributed by atoms with van der Waals surface area (Å²) in [5.74, 6) is -1.55. The van der Waals surface area contributed by atoms with Gasteiger partial charge in [-0.05, 0) is 37.0 Å². The van der Waals surface area contributed by atoms with Crippen LogP contribution in [-0.2, 0) is 25.5 Å². The number of carboxylic acid groups (broad SMARTS) is 1. The van der Waals surface area contributed by atoms with Crippen LogP contribution in [0.3, 0.4) is 0 Å². The summed E-state index contributed by atoms with van der Waals surface area (Å²) in [6.07, 6.45) is 2.86. The number of benzene rings is 1. The SMILES string of the molecule is O=C(O)C1CCCC(C(=O)Nc2ccc(CC(=O)N3CCOCC3)cc2)C1. The van der Waals surface area contributed by atoms with E-state index < -0.39 is 11.9 Å². The topological polar surface area (TPSA) is 95.9 Å². The minimum Gasteiger partial charge on any atom is -0.481 e. The number of hydrogen-bond donors (Lipinski definition) is 2. The van der Waals surface area contributed by atoms with Crippen molar-refractivity contribution < 1.29 is 24.2 Å². The zero-order chi connectivity index (χ0) is 19.2. The Bertz CT molecular complexity index is 682. The Morgan fingerprint density at radius 3 is 2.41 bits per heavy atom. The smallest absolute Gasteiger partial charge is 0.306 e. The van der Waals surface area contributed by atoms with E-state index in [4.69, 9.17) is 9.84 Å². The van der Waals surface area contributed by atoms with Crippen LogP contribution < -0.4 is 5.32 Å². The van der Waals surface area contributed by atoms with Gasteiger partial charge < -0.3 is 20.1 Å². The molecule has 1 heterocycles. The van der Waals surface area contributed by atoms with Gasteiger partial charge in [-0.3, -0.25) is 14.4 Å². The third-order valence-electron chi connectivity index (χ3n) is 5.33. The number of anilines is 1. The molecule has 7 nitrogen and oxygen atoms in total. The van der Waals surface area contributed by atoms with E-state index in [1.54, 1.807) is 17.0 Å². The maximum Gasteiger partial charge on any atom is 0.306 e. The molecule has 1 aliphatic heterocycles. The van der Waals surface area contributed by atoms with E-state index in [0.717, 1.165) is 18.4 Å². The fourth-order valence-corrected chi connectivity index (χ4v) is 3.70. The highest BCUT2D eigenvalue weighted by Gasteiger charge is 2.31. The Hall–Kier alpha value is -2.41. The molecule has 0 bridgehead atoms. The molecule has 1 aromatic rings. The summed E-state index contributed by atoms with van der Waals surface area (Å²) >= 11 is 0. The zero-order valence-corrected chi connectivity index (χ0v) is 15.4. The second-order valence-corrected chi connectivity index (χ2v) is 7.25. The van der Waals surface area contributed by atoms with Crippen LogP contribution in [0.2, 0.25) is 0 Å². The molecule has 1 saturated carbocycles. The van der Waals surface area contributed by atoms with Crippen LogP contribution in [0.4, 0.5) is 5.69 Å². The molecule has 0 spiro atoms. The van der Waals surface area contributed by atoms with E-state index in [0.29, 0.717) is 51.3 Å². The lowest BCUT2D eigenvalue weighted by atomic mass is 9.81. The van der Waals surface area contributed by atoms with Crippen molar-refractivity contribution in [2.75, 3.05) is 31.6 Å². The van der Waals surface area contributed by atoms with Crippen molar-refractivity contribution >= 4 is 23.5 Å². The van der Waals surface area contributed by atoms with Gasteiger partial charge in [0.2, 0.25) is 11.8 Å². The number of amides is 2. The lowest BCUT2D eigenvalue weighted by Gasteiger charge is -2.27. The summed E-state index contributed by atoms with van der Waals surface area (Å²) in [7, 11) is 0. The number of morpholine rings is 1. The van der Waals surface area contributed by atoms with E-state index in [1.807, 2.05) is 12.1 Å². The van der Waals surface area contributed by atoms with E-state index in [2.05, 4.69) is 5.32 Å². The number of hydrogen-bond acceptors (Lipinski definition) is 4. The molecule has 2 N–H and O–H groups in total. The molecule has 27 heavy (non-hydrogen) atoms. The Morgan fingerprint density at radius 2 is 1.74 bits per heavy atom. The van der Waals surface area contributed by atoms with Crippen LogP contribution in [0, 0.1) is 11.8 Å². The predicted molar refractivity (Wildman–Crippen MR) is 99.3 cm³/mol. The van der Waals surface area contributed by atoms with Crippen molar-refractivity contribution in [3.05, 3.63) is 29.8 Å². The summed E-state index contributed by atoms with van der Waals surface area (Å²) < 4.78 is 5.26. The Labute approximate surface area is 158 Å². The number of nitrogens with one attached hydrogen (secondary N) is 1. The fraction of sp³-hybridized carbons (Fsp3) is 0.550. The minimum absolute atomic E-state index is 0.0806. The van der Waals surface area contributed by atoms with E-state index in [9.17, 15) is 14.4 Å². The van der Waals surface area contributed by atoms with Crippen LogP contribution in [-0.4, -0.2) is 54.1 Å². The van der Waals surface area contributed by atoms with Crippen molar-refractivity contribution in [1.82, 2.24) is 4.90 Å². The highest BCUT2D eigenvalue weighted by atomic mass is 16.5. The Morgan fingerprint density at radius 1 is 1.07 bits per heavy atom. The molecule has 2 atom stereocenters. The number of carboxylic acids is 1. The number of aliphatic carboxylic acids is 1. The largest absolute Gasteiger partial charge is 0.481 e. The van der Waals surface area contributed by atoms with Crippen LogP contribution in [0.25, 0.3) is 0 Å². The minimum atomic E-state index is -0.818. The first-order valence-electron chi connectivity index (χ1n) is 9.51. The zero-order valence-electron chi connectivity index (χ0n) is 15.4. The second-order valence-electron chi connectivity index (χ2n) is 7.25. The summed E-state index contributed by atoms with van der Waals surface area (Å²) in [6.45, 7) is 2.43. The van der Waals surface area contributed by atoms with Crippen LogP contribution in [0.5, 0.6) is 0 Å². The molecule has 0 aromatic heterocycles. The van der Waals surface area contributed by atoms with Gasteiger partial charge in [0.15, 0.2) is 0 Å². The summed E-state index contributed by atoms with van der Waals surface area (Å²) in [5, 5.41) is 12.0. The van der Waals surface area contributed by atoms with Crippen molar-refractivity contribution in [2.45, 2.75) is 32.1 Å². The van der Waals surface area contributed by atoms with Crippen molar-refractivity contribution in [1.29, 1.82) is 0 Å². The second kappa shape index (κ2) is 8.99. The van der Waals surface area contributed by atoms with Gasteiger partial charge in [0.1, 0.15) is 0 Å². The normalized spacial score (nSPS) is 22.9. The lowest BCUT2D eigenvalue weighted by Crippen LogP contribution is -2.41. The molecule has 2 aliphatic rings. The van der Waals surface area contributed by atoms with Gasteiger partial charge in [-0.2, -0.15) is 0 Å². The molecule has 1 aliphatic carbocycles. The number of rotatable bonds is 5. The fourth-order valence-electron chi connectivity index (χ4n) is 3.70. The third kappa shape index (κ3) is 5.29. The first-order chi connectivity index (χ1) is 13.0. The van der Waals surface area contributed by atoms with Crippen LogP contribution in [0.1, 0.15) is 31.2 Å². The van der Waals surface area contributed by atoms with Gasteiger partial charge in [0.25, 0.3) is 0 Å².